The summed E-state index contributed by atoms with van der Waals surface area (Å²) in [7, 11) is 0. The number of hydrogen-bond donors (Lipinski definition) is 0. The smallest absolute Gasteiger partial charge is 0.00261 e. The molecule has 234 valence electrons. The van der Waals surface area contributed by atoms with Crippen LogP contribution in [0.1, 0.15) is 0 Å². The van der Waals surface area contributed by atoms with Gasteiger partial charge < -0.3 is 0 Å². The number of benzene rings is 9. The standard InChI is InChI=1S/C50H34/c1-4-14-35(15-5-1)36-24-26-37(27-25-36)38-28-30-40(31-29-38)48-34-42(32-33-43(48)39-16-6-2-7-17-39)50-46-22-12-10-20-44(46)49(41-18-8-3-9-19-41)45-21-11-13-23-47(45)50/h1-34H. The Bertz CT molecular complexity index is 2520. The zero-order chi connectivity index (χ0) is 33.3. The minimum absolute atomic E-state index is 1.20. The first-order valence-corrected chi connectivity index (χ1v) is 17.3. The summed E-state index contributed by atoms with van der Waals surface area (Å²) in [5, 5.41) is 5.06. The SMILES string of the molecule is c1ccc(-c2ccc(-c3ccc(-c4cc(-c5c6ccccc6c(-c6ccccc6)c6ccccc56)ccc4-c4ccccc4)cc3)cc2)cc1. The van der Waals surface area contributed by atoms with Crippen LogP contribution in [0.5, 0.6) is 0 Å². The van der Waals surface area contributed by atoms with E-state index in [0.29, 0.717) is 0 Å². The van der Waals surface area contributed by atoms with E-state index in [4.69, 9.17) is 0 Å². The van der Waals surface area contributed by atoms with Crippen molar-refractivity contribution in [1.29, 1.82) is 0 Å². The third kappa shape index (κ3) is 5.38. The Morgan fingerprint density at radius 1 is 0.180 bits per heavy atom. The van der Waals surface area contributed by atoms with Gasteiger partial charge in [0.1, 0.15) is 0 Å². The Labute approximate surface area is 293 Å². The molecule has 0 saturated heterocycles. The zero-order valence-electron chi connectivity index (χ0n) is 27.6. The van der Waals surface area contributed by atoms with Crippen molar-refractivity contribution in [2.45, 2.75) is 0 Å². The van der Waals surface area contributed by atoms with Gasteiger partial charge in [-0.05, 0) is 94.4 Å². The molecule has 0 spiro atoms. The number of rotatable bonds is 6. The van der Waals surface area contributed by atoms with Crippen LogP contribution in [0.4, 0.5) is 0 Å². The fourth-order valence-corrected chi connectivity index (χ4v) is 7.49. The van der Waals surface area contributed by atoms with Crippen LogP contribution < -0.4 is 0 Å². The summed E-state index contributed by atoms with van der Waals surface area (Å²) in [5.74, 6) is 0. The average molecular weight is 635 g/mol. The van der Waals surface area contributed by atoms with Crippen molar-refractivity contribution in [2.75, 3.05) is 0 Å². The lowest BCUT2D eigenvalue weighted by Gasteiger charge is -2.19. The molecule has 9 rings (SSSR count). The van der Waals surface area contributed by atoms with Crippen molar-refractivity contribution in [1.82, 2.24) is 0 Å². The van der Waals surface area contributed by atoms with Crippen molar-refractivity contribution < 1.29 is 0 Å². The van der Waals surface area contributed by atoms with Crippen LogP contribution in [0.2, 0.25) is 0 Å². The molecule has 0 radical (unpaired) electrons. The van der Waals surface area contributed by atoms with E-state index < -0.39 is 0 Å². The van der Waals surface area contributed by atoms with Crippen molar-refractivity contribution >= 4 is 21.5 Å². The van der Waals surface area contributed by atoms with Gasteiger partial charge in [-0.2, -0.15) is 0 Å². The molecule has 0 heterocycles. The Morgan fingerprint density at radius 2 is 0.480 bits per heavy atom. The van der Waals surface area contributed by atoms with Gasteiger partial charge in [0.25, 0.3) is 0 Å². The highest BCUT2D eigenvalue weighted by atomic mass is 14.2. The number of fused-ring (bicyclic) bond motifs is 2. The Hall–Kier alpha value is -6.50. The fourth-order valence-electron chi connectivity index (χ4n) is 7.49. The van der Waals surface area contributed by atoms with E-state index in [1.54, 1.807) is 0 Å². The maximum absolute atomic E-state index is 2.41. The molecule has 0 N–H and O–H groups in total. The molecule has 0 fully saturated rings. The van der Waals surface area contributed by atoms with Gasteiger partial charge >= 0.3 is 0 Å². The quantitative estimate of drug-likeness (QED) is 0.160. The molecule has 0 nitrogen and oxygen atoms in total. The van der Waals surface area contributed by atoms with Crippen molar-refractivity contribution in [2.24, 2.45) is 0 Å². The van der Waals surface area contributed by atoms with Crippen LogP contribution >= 0.6 is 0 Å². The van der Waals surface area contributed by atoms with Gasteiger partial charge in [-0.15, -0.1) is 0 Å². The van der Waals surface area contributed by atoms with E-state index in [1.165, 1.54) is 88.3 Å². The maximum atomic E-state index is 2.41. The van der Waals surface area contributed by atoms with Crippen LogP contribution in [-0.4, -0.2) is 0 Å². The first-order valence-electron chi connectivity index (χ1n) is 17.3. The second kappa shape index (κ2) is 12.8. The highest BCUT2D eigenvalue weighted by Gasteiger charge is 2.18. The predicted molar refractivity (Wildman–Crippen MR) is 214 cm³/mol. The second-order valence-corrected chi connectivity index (χ2v) is 12.9. The van der Waals surface area contributed by atoms with E-state index in [9.17, 15) is 0 Å². The molecule has 0 aliphatic carbocycles. The summed E-state index contributed by atoms with van der Waals surface area (Å²) in [4.78, 5) is 0. The molecule has 0 saturated carbocycles. The van der Waals surface area contributed by atoms with E-state index >= 15 is 0 Å². The fraction of sp³-hybridized carbons (Fsp3) is 0. The molecular formula is C50H34. The van der Waals surface area contributed by atoms with Crippen LogP contribution in [0.15, 0.2) is 206 Å². The average Bonchev–Trinajstić information content (AvgIpc) is 3.21. The third-order valence-electron chi connectivity index (χ3n) is 9.91. The Kier molecular flexibility index (Phi) is 7.61. The summed E-state index contributed by atoms with van der Waals surface area (Å²) in [6.45, 7) is 0. The van der Waals surface area contributed by atoms with Gasteiger partial charge in [-0.25, -0.2) is 0 Å². The Balaban J connectivity index is 1.20. The summed E-state index contributed by atoms with van der Waals surface area (Å²) in [6.07, 6.45) is 0. The molecule has 0 unspecified atom stereocenters. The monoisotopic (exact) mass is 634 g/mol. The lowest BCUT2D eigenvalue weighted by Crippen LogP contribution is -1.92. The lowest BCUT2D eigenvalue weighted by atomic mass is 9.84. The topological polar surface area (TPSA) is 0 Å². The molecule has 0 aliphatic rings. The maximum Gasteiger partial charge on any atom is -0.00261 e. The molecule has 0 aromatic heterocycles. The van der Waals surface area contributed by atoms with Gasteiger partial charge in [-0.1, -0.05) is 200 Å². The molecule has 50 heavy (non-hydrogen) atoms. The summed E-state index contributed by atoms with van der Waals surface area (Å²) in [5.41, 5.74) is 14.8. The van der Waals surface area contributed by atoms with E-state index in [1.807, 2.05) is 0 Å². The van der Waals surface area contributed by atoms with Crippen LogP contribution in [0.3, 0.4) is 0 Å². The zero-order valence-corrected chi connectivity index (χ0v) is 27.6. The first-order chi connectivity index (χ1) is 24.8. The summed E-state index contributed by atoms with van der Waals surface area (Å²) < 4.78 is 0. The summed E-state index contributed by atoms with van der Waals surface area (Å²) >= 11 is 0. The molecule has 0 heteroatoms. The van der Waals surface area contributed by atoms with E-state index in [2.05, 4.69) is 206 Å². The van der Waals surface area contributed by atoms with Gasteiger partial charge in [0.15, 0.2) is 0 Å². The molecular weight excluding hydrogens is 601 g/mol. The van der Waals surface area contributed by atoms with E-state index in [0.717, 1.165) is 0 Å². The summed E-state index contributed by atoms with van der Waals surface area (Å²) in [6, 6.07) is 74.9. The van der Waals surface area contributed by atoms with Gasteiger partial charge in [0, 0.05) is 0 Å². The molecule has 0 atom stereocenters. The lowest BCUT2D eigenvalue weighted by molar-refractivity contribution is 1.56. The largest absolute Gasteiger partial charge is 0.0622 e. The minimum Gasteiger partial charge on any atom is -0.0622 e. The normalized spacial score (nSPS) is 11.2. The van der Waals surface area contributed by atoms with Crippen LogP contribution in [0.25, 0.3) is 88.3 Å². The van der Waals surface area contributed by atoms with Gasteiger partial charge in [0.2, 0.25) is 0 Å². The van der Waals surface area contributed by atoms with Crippen molar-refractivity contribution in [3.8, 4) is 66.8 Å². The molecule has 9 aromatic carbocycles. The minimum atomic E-state index is 1.20. The predicted octanol–water partition coefficient (Wildman–Crippen LogP) is 14.0. The van der Waals surface area contributed by atoms with Crippen molar-refractivity contribution in [3.05, 3.63) is 206 Å². The van der Waals surface area contributed by atoms with Gasteiger partial charge in [-0.3, -0.25) is 0 Å². The van der Waals surface area contributed by atoms with Crippen molar-refractivity contribution in [3.63, 3.8) is 0 Å². The number of hydrogen-bond acceptors (Lipinski definition) is 0. The highest BCUT2D eigenvalue weighted by Crippen LogP contribution is 2.45. The van der Waals surface area contributed by atoms with Crippen LogP contribution in [-0.2, 0) is 0 Å². The molecule has 0 aliphatic heterocycles. The molecule has 0 bridgehead atoms. The first kappa shape index (κ1) is 29.6. The molecule has 0 amide bonds. The molecule has 9 aromatic rings. The second-order valence-electron chi connectivity index (χ2n) is 12.9. The van der Waals surface area contributed by atoms with Crippen LogP contribution in [0, 0.1) is 0 Å². The van der Waals surface area contributed by atoms with Gasteiger partial charge in [0.05, 0.1) is 0 Å². The Morgan fingerprint density at radius 3 is 0.940 bits per heavy atom. The highest BCUT2D eigenvalue weighted by molar-refractivity contribution is 6.21. The van der Waals surface area contributed by atoms with E-state index in [-0.39, 0.29) is 0 Å². The third-order valence-corrected chi connectivity index (χ3v) is 9.91.